The molecule has 0 heterocycles. The largest absolute Gasteiger partial charge is 0.489 e. The highest BCUT2D eigenvalue weighted by Crippen LogP contribution is 2.46. The lowest BCUT2D eigenvalue weighted by atomic mass is 9.70. The van der Waals surface area contributed by atoms with Gasteiger partial charge in [-0.2, -0.15) is 0 Å². The van der Waals surface area contributed by atoms with Gasteiger partial charge in [0.15, 0.2) is 0 Å². The van der Waals surface area contributed by atoms with Crippen LogP contribution in [0.2, 0.25) is 0 Å². The van der Waals surface area contributed by atoms with E-state index in [1.165, 1.54) is 22.3 Å². The number of benzene rings is 4. The van der Waals surface area contributed by atoms with Crippen LogP contribution in [-0.2, 0) is 13.2 Å². The number of hydrogen-bond acceptors (Lipinski definition) is 3. The molecule has 0 saturated carbocycles. The second-order valence-electron chi connectivity index (χ2n) is 10.2. The molecule has 0 amide bonds. The van der Waals surface area contributed by atoms with E-state index >= 15 is 0 Å². The van der Waals surface area contributed by atoms with Crippen LogP contribution in [0.25, 0.3) is 11.1 Å². The van der Waals surface area contributed by atoms with Crippen LogP contribution in [0, 0.1) is 5.41 Å². The van der Waals surface area contributed by atoms with Gasteiger partial charge in [0.2, 0.25) is 0 Å². The van der Waals surface area contributed by atoms with Crippen LogP contribution in [0.1, 0.15) is 48.4 Å². The van der Waals surface area contributed by atoms with Crippen molar-refractivity contribution in [3.05, 3.63) is 131 Å². The zero-order valence-electron chi connectivity index (χ0n) is 21.4. The lowest BCUT2D eigenvalue weighted by Gasteiger charge is -2.35. The average Bonchev–Trinajstić information content (AvgIpc) is 2.97. The van der Waals surface area contributed by atoms with Gasteiger partial charge in [0.05, 0.1) is 0 Å². The highest BCUT2D eigenvalue weighted by atomic mass is 16.5. The standard InChI is InChI=1S/C34H34O3/c1-34(25-35)21-20-32(28-12-16-30(17-13-28)36-23-26-8-4-2-5-9-26)33(22-34)29-14-18-31(19-15-29)37-24-27-10-6-3-7-11-27/h2-19,35H,20-25H2,1H3. The second-order valence-corrected chi connectivity index (χ2v) is 10.2. The normalized spacial score (nSPS) is 17.5. The van der Waals surface area contributed by atoms with Crippen LogP contribution in [0.15, 0.2) is 109 Å². The molecule has 188 valence electrons. The molecular formula is C34H34O3. The van der Waals surface area contributed by atoms with Gasteiger partial charge in [-0.3, -0.25) is 0 Å². The Hall–Kier alpha value is -3.82. The third-order valence-corrected chi connectivity index (χ3v) is 7.23. The highest BCUT2D eigenvalue weighted by Gasteiger charge is 2.31. The Morgan fingerprint density at radius 2 is 1.08 bits per heavy atom. The molecule has 37 heavy (non-hydrogen) atoms. The zero-order chi connectivity index (χ0) is 25.5. The van der Waals surface area contributed by atoms with E-state index in [1.54, 1.807) is 0 Å². The summed E-state index contributed by atoms with van der Waals surface area (Å²) in [5, 5.41) is 10.1. The minimum atomic E-state index is -0.111. The lowest BCUT2D eigenvalue weighted by Crippen LogP contribution is -2.25. The first-order valence-electron chi connectivity index (χ1n) is 13.0. The van der Waals surface area contributed by atoms with Crippen molar-refractivity contribution in [1.82, 2.24) is 0 Å². The monoisotopic (exact) mass is 490 g/mol. The Morgan fingerprint density at radius 1 is 0.622 bits per heavy atom. The first-order valence-corrected chi connectivity index (χ1v) is 13.0. The summed E-state index contributed by atoms with van der Waals surface area (Å²) >= 11 is 0. The lowest BCUT2D eigenvalue weighted by molar-refractivity contribution is 0.136. The van der Waals surface area contributed by atoms with E-state index in [1.807, 2.05) is 48.5 Å². The molecule has 0 spiro atoms. The van der Waals surface area contributed by atoms with Gasteiger partial charge in [0.1, 0.15) is 24.7 Å². The third-order valence-electron chi connectivity index (χ3n) is 7.23. The van der Waals surface area contributed by atoms with Gasteiger partial charge >= 0.3 is 0 Å². The molecule has 4 aromatic carbocycles. The molecule has 0 aliphatic heterocycles. The molecule has 1 N–H and O–H groups in total. The molecule has 1 aliphatic carbocycles. The third kappa shape index (κ3) is 6.31. The quantitative estimate of drug-likeness (QED) is 0.259. The molecule has 4 aromatic rings. The van der Waals surface area contributed by atoms with E-state index < -0.39 is 0 Å². The van der Waals surface area contributed by atoms with Crippen molar-refractivity contribution in [2.75, 3.05) is 6.61 Å². The Labute approximate surface area is 220 Å². The van der Waals surface area contributed by atoms with Gasteiger partial charge in [-0.15, -0.1) is 0 Å². The van der Waals surface area contributed by atoms with Crippen molar-refractivity contribution in [3.8, 4) is 11.5 Å². The van der Waals surface area contributed by atoms with Crippen LogP contribution in [0.3, 0.4) is 0 Å². The van der Waals surface area contributed by atoms with Crippen molar-refractivity contribution in [3.63, 3.8) is 0 Å². The van der Waals surface area contributed by atoms with Crippen molar-refractivity contribution in [2.45, 2.75) is 39.4 Å². The topological polar surface area (TPSA) is 38.7 Å². The van der Waals surface area contributed by atoms with Crippen molar-refractivity contribution in [1.29, 1.82) is 0 Å². The first kappa shape index (κ1) is 24.9. The molecule has 0 radical (unpaired) electrons. The molecule has 1 atom stereocenters. The first-order chi connectivity index (χ1) is 18.1. The van der Waals surface area contributed by atoms with Gasteiger partial charge in [-0.1, -0.05) is 91.9 Å². The maximum Gasteiger partial charge on any atom is 0.119 e. The fourth-order valence-corrected chi connectivity index (χ4v) is 4.92. The molecule has 1 aliphatic rings. The summed E-state index contributed by atoms with van der Waals surface area (Å²) in [6.07, 6.45) is 2.74. The van der Waals surface area contributed by atoms with E-state index in [9.17, 15) is 5.11 Å². The zero-order valence-corrected chi connectivity index (χ0v) is 21.4. The van der Waals surface area contributed by atoms with Crippen molar-refractivity contribution >= 4 is 11.1 Å². The fraction of sp³-hybridized carbons (Fsp3) is 0.235. The van der Waals surface area contributed by atoms with Gasteiger partial charge in [-0.05, 0) is 82.3 Å². The molecular weight excluding hydrogens is 456 g/mol. The van der Waals surface area contributed by atoms with E-state index in [2.05, 4.69) is 67.6 Å². The number of aliphatic hydroxyl groups is 1. The number of allylic oxidation sites excluding steroid dienone is 2. The number of ether oxygens (including phenoxy) is 2. The van der Waals surface area contributed by atoms with Crippen LogP contribution in [0.4, 0.5) is 0 Å². The van der Waals surface area contributed by atoms with Crippen LogP contribution < -0.4 is 9.47 Å². The van der Waals surface area contributed by atoms with E-state index in [0.717, 1.165) is 41.9 Å². The molecule has 0 saturated heterocycles. The summed E-state index contributed by atoms with van der Waals surface area (Å²) in [5.74, 6) is 1.72. The molecule has 0 aromatic heterocycles. The average molecular weight is 491 g/mol. The minimum absolute atomic E-state index is 0.111. The maximum absolute atomic E-state index is 10.1. The number of aliphatic hydroxyl groups excluding tert-OH is 1. The van der Waals surface area contributed by atoms with Gasteiger partial charge in [0, 0.05) is 6.61 Å². The minimum Gasteiger partial charge on any atom is -0.489 e. The van der Waals surface area contributed by atoms with E-state index in [4.69, 9.17) is 9.47 Å². The molecule has 3 nitrogen and oxygen atoms in total. The summed E-state index contributed by atoms with van der Waals surface area (Å²) in [6.45, 7) is 3.48. The summed E-state index contributed by atoms with van der Waals surface area (Å²) in [5.41, 5.74) is 7.24. The molecule has 3 heteroatoms. The summed E-state index contributed by atoms with van der Waals surface area (Å²) in [4.78, 5) is 0. The number of rotatable bonds is 9. The SMILES string of the molecule is CC1(CO)CCC(c2ccc(OCc3ccccc3)cc2)=C(c2ccc(OCc3ccccc3)cc2)C1. The Bertz CT molecular complexity index is 1310. The maximum atomic E-state index is 10.1. The van der Waals surface area contributed by atoms with Crippen LogP contribution >= 0.6 is 0 Å². The van der Waals surface area contributed by atoms with E-state index in [0.29, 0.717) is 13.2 Å². The van der Waals surface area contributed by atoms with Crippen LogP contribution in [0.5, 0.6) is 11.5 Å². The molecule has 1 unspecified atom stereocenters. The highest BCUT2D eigenvalue weighted by molar-refractivity contribution is 5.92. The van der Waals surface area contributed by atoms with E-state index in [-0.39, 0.29) is 12.0 Å². The second kappa shape index (κ2) is 11.5. The molecule has 0 fully saturated rings. The number of hydrogen-bond donors (Lipinski definition) is 1. The summed E-state index contributed by atoms with van der Waals surface area (Å²) in [6, 6.07) is 37.3. The Morgan fingerprint density at radius 3 is 1.54 bits per heavy atom. The molecule has 0 bridgehead atoms. The van der Waals surface area contributed by atoms with Gasteiger partial charge < -0.3 is 14.6 Å². The Kier molecular flexibility index (Phi) is 7.72. The van der Waals surface area contributed by atoms with Crippen LogP contribution in [-0.4, -0.2) is 11.7 Å². The smallest absolute Gasteiger partial charge is 0.119 e. The summed E-state index contributed by atoms with van der Waals surface area (Å²) in [7, 11) is 0. The fourth-order valence-electron chi connectivity index (χ4n) is 4.92. The predicted molar refractivity (Wildman–Crippen MR) is 150 cm³/mol. The molecule has 5 rings (SSSR count). The Balaban J connectivity index is 1.35. The van der Waals surface area contributed by atoms with Gasteiger partial charge in [0.25, 0.3) is 0 Å². The van der Waals surface area contributed by atoms with Gasteiger partial charge in [-0.25, -0.2) is 0 Å². The predicted octanol–water partition coefficient (Wildman–Crippen LogP) is 7.94. The summed E-state index contributed by atoms with van der Waals surface area (Å²) < 4.78 is 12.0. The van der Waals surface area contributed by atoms with Crippen molar-refractivity contribution in [2.24, 2.45) is 5.41 Å². The van der Waals surface area contributed by atoms with Crippen molar-refractivity contribution < 1.29 is 14.6 Å².